The van der Waals surface area contributed by atoms with Gasteiger partial charge in [-0.15, -0.1) is 0 Å². The van der Waals surface area contributed by atoms with E-state index in [2.05, 4.69) is 0 Å². The molecule has 1 heterocycles. The fraction of sp³-hybridized carbons (Fsp3) is 1.00. The second kappa shape index (κ2) is 7.18. The first kappa shape index (κ1) is 16.7. The standard InChI is InChI=1S/C17H32N2O2S/c1-18(16-11-4-2-3-5-12-16)22(20,21)19-14-8-10-15-9-6-7-13-17(15)19/h15-17H,2-14H2,1H3/t15-,17+/m1/s1. The lowest BCUT2D eigenvalue weighted by Crippen LogP contribution is -2.55. The Morgan fingerprint density at radius 3 is 2.14 bits per heavy atom. The van der Waals surface area contributed by atoms with Gasteiger partial charge in [-0.1, -0.05) is 38.5 Å². The van der Waals surface area contributed by atoms with E-state index >= 15 is 0 Å². The van der Waals surface area contributed by atoms with E-state index in [9.17, 15) is 8.42 Å². The Morgan fingerprint density at radius 2 is 1.41 bits per heavy atom. The van der Waals surface area contributed by atoms with Gasteiger partial charge < -0.3 is 0 Å². The molecule has 2 atom stereocenters. The molecule has 0 aromatic rings. The average molecular weight is 329 g/mol. The van der Waals surface area contributed by atoms with Crippen molar-refractivity contribution in [3.05, 3.63) is 0 Å². The molecular weight excluding hydrogens is 296 g/mol. The number of rotatable bonds is 3. The molecule has 22 heavy (non-hydrogen) atoms. The average Bonchev–Trinajstić information content (AvgIpc) is 2.82. The maximum Gasteiger partial charge on any atom is 0.282 e. The second-order valence-electron chi connectivity index (χ2n) is 7.53. The molecule has 0 unspecified atom stereocenters. The maximum atomic E-state index is 13.2. The minimum Gasteiger partial charge on any atom is -0.195 e. The quantitative estimate of drug-likeness (QED) is 0.744. The van der Waals surface area contributed by atoms with Crippen LogP contribution >= 0.6 is 0 Å². The molecule has 128 valence electrons. The van der Waals surface area contributed by atoms with Gasteiger partial charge in [-0.25, -0.2) is 0 Å². The summed E-state index contributed by atoms with van der Waals surface area (Å²) in [4.78, 5) is 0. The Hall–Kier alpha value is -0.130. The van der Waals surface area contributed by atoms with Crippen LogP contribution < -0.4 is 0 Å². The Balaban J connectivity index is 1.75. The van der Waals surface area contributed by atoms with Crippen molar-refractivity contribution in [2.45, 2.75) is 89.1 Å². The third-order valence-corrected chi connectivity index (χ3v) is 8.26. The lowest BCUT2D eigenvalue weighted by Gasteiger charge is -2.45. The highest BCUT2D eigenvalue weighted by molar-refractivity contribution is 7.86. The van der Waals surface area contributed by atoms with Crippen LogP contribution in [0.5, 0.6) is 0 Å². The van der Waals surface area contributed by atoms with Crippen LogP contribution in [0, 0.1) is 5.92 Å². The molecular formula is C17H32N2O2S. The molecule has 2 saturated carbocycles. The minimum atomic E-state index is -3.28. The van der Waals surface area contributed by atoms with E-state index in [1.807, 2.05) is 11.4 Å². The Labute approximate surface area is 136 Å². The van der Waals surface area contributed by atoms with Gasteiger partial charge in [0.15, 0.2) is 0 Å². The van der Waals surface area contributed by atoms with Gasteiger partial charge in [0, 0.05) is 25.7 Å². The number of fused-ring (bicyclic) bond motifs is 1. The molecule has 1 aliphatic heterocycles. The molecule has 0 bridgehead atoms. The maximum absolute atomic E-state index is 13.2. The molecule has 2 aliphatic carbocycles. The van der Waals surface area contributed by atoms with Crippen molar-refractivity contribution >= 4 is 10.2 Å². The predicted molar refractivity (Wildman–Crippen MR) is 89.9 cm³/mol. The first-order valence-electron chi connectivity index (χ1n) is 9.35. The van der Waals surface area contributed by atoms with Crippen LogP contribution in [0.4, 0.5) is 0 Å². The van der Waals surface area contributed by atoms with E-state index in [4.69, 9.17) is 0 Å². The third-order valence-electron chi connectivity index (χ3n) is 6.19. The van der Waals surface area contributed by atoms with E-state index in [0.29, 0.717) is 5.92 Å². The van der Waals surface area contributed by atoms with Crippen molar-refractivity contribution in [2.24, 2.45) is 5.92 Å². The first-order valence-corrected chi connectivity index (χ1v) is 10.7. The van der Waals surface area contributed by atoms with Crippen molar-refractivity contribution < 1.29 is 8.42 Å². The van der Waals surface area contributed by atoms with Crippen molar-refractivity contribution in [3.8, 4) is 0 Å². The van der Waals surface area contributed by atoms with Crippen LogP contribution in [-0.2, 0) is 10.2 Å². The highest BCUT2D eigenvalue weighted by Crippen LogP contribution is 2.37. The van der Waals surface area contributed by atoms with Crippen LogP contribution in [0.1, 0.15) is 77.0 Å². The van der Waals surface area contributed by atoms with Crippen molar-refractivity contribution in [1.82, 2.24) is 8.61 Å². The van der Waals surface area contributed by atoms with Gasteiger partial charge in [-0.05, 0) is 44.4 Å². The molecule has 0 aromatic heterocycles. The Bertz CT molecular complexity index is 455. The van der Waals surface area contributed by atoms with Gasteiger partial charge in [0.25, 0.3) is 10.2 Å². The highest BCUT2D eigenvalue weighted by Gasteiger charge is 2.42. The van der Waals surface area contributed by atoms with E-state index in [0.717, 1.165) is 32.2 Å². The van der Waals surface area contributed by atoms with Crippen LogP contribution in [0.25, 0.3) is 0 Å². The van der Waals surface area contributed by atoms with Gasteiger partial charge in [-0.2, -0.15) is 17.0 Å². The monoisotopic (exact) mass is 328 g/mol. The SMILES string of the molecule is CN(C1CCCCCC1)S(=O)(=O)N1CCC[C@H]2CCCC[C@@H]21. The van der Waals surface area contributed by atoms with Crippen molar-refractivity contribution in [1.29, 1.82) is 0 Å². The molecule has 0 N–H and O–H groups in total. The van der Waals surface area contributed by atoms with Crippen molar-refractivity contribution in [3.63, 3.8) is 0 Å². The molecule has 3 aliphatic rings. The molecule has 0 spiro atoms. The highest BCUT2D eigenvalue weighted by atomic mass is 32.2. The summed E-state index contributed by atoms with van der Waals surface area (Å²) in [6.45, 7) is 0.737. The van der Waals surface area contributed by atoms with Crippen LogP contribution in [-0.4, -0.2) is 42.7 Å². The van der Waals surface area contributed by atoms with Crippen molar-refractivity contribution in [2.75, 3.05) is 13.6 Å². The molecule has 4 nitrogen and oxygen atoms in total. The summed E-state index contributed by atoms with van der Waals surface area (Å²) in [6.07, 6.45) is 14.0. The zero-order chi connectivity index (χ0) is 15.6. The van der Waals surface area contributed by atoms with Gasteiger partial charge in [0.05, 0.1) is 0 Å². The van der Waals surface area contributed by atoms with E-state index in [1.54, 1.807) is 4.31 Å². The summed E-state index contributed by atoms with van der Waals surface area (Å²) in [5.74, 6) is 0.611. The zero-order valence-electron chi connectivity index (χ0n) is 14.0. The fourth-order valence-corrected chi connectivity index (χ4v) is 6.74. The summed E-state index contributed by atoms with van der Waals surface area (Å²) in [6, 6.07) is 0.497. The molecule has 0 amide bonds. The Morgan fingerprint density at radius 1 is 0.818 bits per heavy atom. The molecule has 5 heteroatoms. The van der Waals surface area contributed by atoms with Crippen LogP contribution in [0.2, 0.25) is 0 Å². The fourth-order valence-electron chi connectivity index (χ4n) is 4.84. The molecule has 0 aromatic carbocycles. The Kier molecular flexibility index (Phi) is 5.46. The van der Waals surface area contributed by atoms with E-state index in [-0.39, 0.29) is 12.1 Å². The van der Waals surface area contributed by atoms with E-state index < -0.39 is 10.2 Å². The van der Waals surface area contributed by atoms with E-state index in [1.165, 1.54) is 51.4 Å². The van der Waals surface area contributed by atoms with Crippen LogP contribution in [0.3, 0.4) is 0 Å². The molecule has 3 rings (SSSR count). The van der Waals surface area contributed by atoms with Gasteiger partial charge >= 0.3 is 0 Å². The largest absolute Gasteiger partial charge is 0.282 e. The summed E-state index contributed by atoms with van der Waals surface area (Å²) in [5, 5.41) is 0. The third kappa shape index (κ3) is 3.36. The first-order chi connectivity index (χ1) is 10.6. The normalized spacial score (nSPS) is 32.6. The van der Waals surface area contributed by atoms with Crippen LogP contribution in [0.15, 0.2) is 0 Å². The minimum absolute atomic E-state index is 0.219. The molecule has 1 saturated heterocycles. The lowest BCUT2D eigenvalue weighted by molar-refractivity contribution is 0.120. The number of hydrogen-bond donors (Lipinski definition) is 0. The number of nitrogens with zero attached hydrogens (tertiary/aromatic N) is 2. The summed E-state index contributed by atoms with van der Waals surface area (Å²) >= 11 is 0. The summed E-state index contributed by atoms with van der Waals surface area (Å²) in [7, 11) is -1.45. The molecule has 3 fully saturated rings. The number of hydrogen-bond acceptors (Lipinski definition) is 2. The van der Waals surface area contributed by atoms with Gasteiger partial charge in [0.2, 0.25) is 0 Å². The zero-order valence-corrected chi connectivity index (χ0v) is 14.9. The second-order valence-corrected chi connectivity index (χ2v) is 9.47. The lowest BCUT2D eigenvalue weighted by atomic mass is 9.79. The molecule has 0 radical (unpaired) electrons. The predicted octanol–water partition coefficient (Wildman–Crippen LogP) is 3.54. The summed E-state index contributed by atoms with van der Waals surface area (Å²) < 4.78 is 30.0. The topological polar surface area (TPSA) is 40.6 Å². The van der Waals surface area contributed by atoms with Gasteiger partial charge in [0.1, 0.15) is 0 Å². The smallest absolute Gasteiger partial charge is 0.195 e. The summed E-state index contributed by atoms with van der Waals surface area (Å²) in [5.41, 5.74) is 0. The van der Waals surface area contributed by atoms with Gasteiger partial charge in [-0.3, -0.25) is 0 Å². The number of piperidine rings is 1.